The summed E-state index contributed by atoms with van der Waals surface area (Å²) in [7, 11) is 1.24. The number of benzene rings is 2. The molecule has 154 valence electrons. The van der Waals surface area contributed by atoms with Crippen LogP contribution in [0.1, 0.15) is 22.0 Å². The van der Waals surface area contributed by atoms with Crippen molar-refractivity contribution in [3.63, 3.8) is 0 Å². The molecule has 1 unspecified atom stereocenters. The third kappa shape index (κ3) is 4.20. The van der Waals surface area contributed by atoms with Crippen LogP contribution in [0.5, 0.6) is 0 Å². The molecule has 0 saturated heterocycles. The van der Waals surface area contributed by atoms with Crippen LogP contribution in [0.3, 0.4) is 0 Å². The van der Waals surface area contributed by atoms with E-state index in [1.165, 1.54) is 31.6 Å². The molecule has 0 spiro atoms. The second kappa shape index (κ2) is 8.62. The normalized spacial score (nSPS) is 11.6. The van der Waals surface area contributed by atoms with E-state index in [2.05, 4.69) is 10.3 Å². The molecule has 2 aromatic heterocycles. The minimum absolute atomic E-state index is 0.383. The number of rotatable bonds is 5. The second-order valence-electron chi connectivity index (χ2n) is 6.86. The number of fused-ring (bicyclic) bond motifs is 1. The van der Waals surface area contributed by atoms with Gasteiger partial charge in [-0.05, 0) is 17.7 Å². The van der Waals surface area contributed by atoms with E-state index >= 15 is 0 Å². The maximum Gasteiger partial charge on any atom is 0.333 e. The molecule has 2 aromatic carbocycles. The molecule has 0 aliphatic carbocycles. The van der Waals surface area contributed by atoms with Crippen molar-refractivity contribution in [3.8, 4) is 11.3 Å². The third-order valence-corrected chi connectivity index (χ3v) is 4.90. The van der Waals surface area contributed by atoms with Gasteiger partial charge in [0.15, 0.2) is 18.4 Å². The number of pyridine rings is 2. The Bertz CT molecular complexity index is 1240. The maximum absolute atomic E-state index is 13.3. The van der Waals surface area contributed by atoms with Gasteiger partial charge in [-0.3, -0.25) is 4.79 Å². The first-order chi connectivity index (χ1) is 15.1. The van der Waals surface area contributed by atoms with E-state index in [0.717, 1.165) is 5.56 Å². The molecule has 0 fully saturated rings. The van der Waals surface area contributed by atoms with Crippen molar-refractivity contribution in [2.45, 2.75) is 6.04 Å². The molecule has 1 atom stereocenters. The van der Waals surface area contributed by atoms with E-state index in [4.69, 9.17) is 4.74 Å². The van der Waals surface area contributed by atoms with Crippen LogP contribution in [-0.4, -0.2) is 24.0 Å². The monoisotopic (exact) mass is 413 g/mol. The van der Waals surface area contributed by atoms with Crippen LogP contribution < -0.4 is 10.0 Å². The number of para-hydroxylation sites is 1. The molecule has 7 heteroatoms. The molecule has 0 radical (unpaired) electrons. The Labute approximate surface area is 178 Å². The number of hydrogen-bond donors (Lipinski definition) is 1. The summed E-state index contributed by atoms with van der Waals surface area (Å²) in [4.78, 5) is 30.4. The summed E-state index contributed by atoms with van der Waals surface area (Å²) < 4.78 is 5.46. The van der Waals surface area contributed by atoms with Crippen molar-refractivity contribution in [3.05, 3.63) is 102 Å². The summed E-state index contributed by atoms with van der Waals surface area (Å²) in [6.07, 6.45) is 2.51. The number of hydrogen-bond acceptors (Lipinski definition) is 5. The SMILES string of the molecule is COC(=O)C(NC(=O)c1cc(-c2ccccc2)nc2ccccc12)c1cc[n+]([O-])cc1. The summed E-state index contributed by atoms with van der Waals surface area (Å²) in [6.45, 7) is 0. The van der Waals surface area contributed by atoms with Crippen molar-refractivity contribution in [1.82, 2.24) is 10.3 Å². The number of esters is 1. The van der Waals surface area contributed by atoms with Gasteiger partial charge in [-0.25, -0.2) is 9.78 Å². The highest BCUT2D eigenvalue weighted by molar-refractivity contribution is 6.08. The van der Waals surface area contributed by atoms with Gasteiger partial charge in [0.2, 0.25) is 0 Å². The van der Waals surface area contributed by atoms with E-state index in [9.17, 15) is 14.8 Å². The largest absolute Gasteiger partial charge is 0.619 e. The number of nitrogens with zero attached hydrogens (tertiary/aromatic N) is 2. The lowest BCUT2D eigenvalue weighted by atomic mass is 10.0. The van der Waals surface area contributed by atoms with Gasteiger partial charge in [0.05, 0.1) is 23.9 Å². The predicted molar refractivity (Wildman–Crippen MR) is 115 cm³/mol. The van der Waals surface area contributed by atoms with Crippen molar-refractivity contribution in [2.24, 2.45) is 0 Å². The number of carbonyl (C=O) groups excluding carboxylic acids is 2. The standard InChI is InChI=1S/C24H19N3O4/c1-31-24(29)22(17-11-13-27(30)14-12-17)26-23(28)19-15-21(16-7-3-2-4-8-16)25-20-10-6-5-9-18(19)20/h2-15,22H,1H3,(H,26,28). The molecule has 2 heterocycles. The first-order valence-corrected chi connectivity index (χ1v) is 9.59. The van der Waals surface area contributed by atoms with E-state index in [-0.39, 0.29) is 0 Å². The van der Waals surface area contributed by atoms with Crippen molar-refractivity contribution >= 4 is 22.8 Å². The second-order valence-corrected chi connectivity index (χ2v) is 6.86. The molecule has 0 saturated carbocycles. The molecule has 0 bridgehead atoms. The summed E-state index contributed by atoms with van der Waals surface area (Å²) in [5.74, 6) is -1.09. The van der Waals surface area contributed by atoms with Crippen LogP contribution in [0.25, 0.3) is 22.2 Å². The maximum atomic E-state index is 13.3. The fourth-order valence-electron chi connectivity index (χ4n) is 3.34. The minimum Gasteiger partial charge on any atom is -0.619 e. The quantitative estimate of drug-likeness (QED) is 0.308. The fourth-order valence-corrected chi connectivity index (χ4v) is 3.34. The molecule has 4 aromatic rings. The predicted octanol–water partition coefficient (Wildman–Crippen LogP) is 3.18. The van der Waals surface area contributed by atoms with Gasteiger partial charge in [-0.1, -0.05) is 48.5 Å². The summed E-state index contributed by atoms with van der Waals surface area (Å²) in [6, 6.07) is 20.4. The lowest BCUT2D eigenvalue weighted by Gasteiger charge is -2.17. The molecule has 31 heavy (non-hydrogen) atoms. The van der Waals surface area contributed by atoms with Crippen LogP contribution in [0.4, 0.5) is 0 Å². The number of methoxy groups -OCH3 is 1. The topological polar surface area (TPSA) is 95.2 Å². The Morgan fingerprint density at radius 1 is 1.00 bits per heavy atom. The van der Waals surface area contributed by atoms with Gasteiger partial charge in [-0.2, -0.15) is 4.73 Å². The molecule has 7 nitrogen and oxygen atoms in total. The fraction of sp³-hybridized carbons (Fsp3) is 0.0833. The van der Waals surface area contributed by atoms with Crippen LogP contribution in [-0.2, 0) is 9.53 Å². The van der Waals surface area contributed by atoms with Gasteiger partial charge in [0.25, 0.3) is 5.91 Å². The summed E-state index contributed by atoms with van der Waals surface area (Å²) >= 11 is 0. The van der Waals surface area contributed by atoms with Gasteiger partial charge in [0.1, 0.15) is 0 Å². The molecule has 1 amide bonds. The smallest absolute Gasteiger partial charge is 0.333 e. The highest BCUT2D eigenvalue weighted by atomic mass is 16.5. The first kappa shape index (κ1) is 20.0. The minimum atomic E-state index is -1.06. The molecule has 1 N–H and O–H groups in total. The average Bonchev–Trinajstić information content (AvgIpc) is 2.82. The van der Waals surface area contributed by atoms with Crippen LogP contribution in [0.2, 0.25) is 0 Å². The highest BCUT2D eigenvalue weighted by Gasteiger charge is 2.26. The van der Waals surface area contributed by atoms with E-state index in [1.54, 1.807) is 6.07 Å². The van der Waals surface area contributed by atoms with Crippen LogP contribution >= 0.6 is 0 Å². The molecule has 0 aliphatic heterocycles. The van der Waals surface area contributed by atoms with Crippen molar-refractivity contribution < 1.29 is 19.1 Å². The van der Waals surface area contributed by atoms with Crippen LogP contribution in [0, 0.1) is 5.21 Å². The van der Waals surface area contributed by atoms with E-state index in [1.807, 2.05) is 54.6 Å². The van der Waals surface area contributed by atoms with E-state index in [0.29, 0.717) is 32.5 Å². The molecule has 0 aliphatic rings. The lowest BCUT2D eigenvalue weighted by Crippen LogP contribution is -2.35. The van der Waals surface area contributed by atoms with Crippen LogP contribution in [0.15, 0.2) is 85.2 Å². The molecular weight excluding hydrogens is 394 g/mol. The van der Waals surface area contributed by atoms with Crippen molar-refractivity contribution in [1.29, 1.82) is 0 Å². The third-order valence-electron chi connectivity index (χ3n) is 4.90. The Balaban J connectivity index is 1.77. The highest BCUT2D eigenvalue weighted by Crippen LogP contribution is 2.25. The zero-order chi connectivity index (χ0) is 21.8. The summed E-state index contributed by atoms with van der Waals surface area (Å²) in [5.41, 5.74) is 3.00. The molecular formula is C24H19N3O4. The Morgan fingerprint density at radius 2 is 1.68 bits per heavy atom. The zero-order valence-corrected chi connectivity index (χ0v) is 16.7. The van der Waals surface area contributed by atoms with E-state index < -0.39 is 17.9 Å². The number of ether oxygens (including phenoxy) is 1. The number of carbonyl (C=O) groups is 2. The number of amides is 1. The van der Waals surface area contributed by atoms with Gasteiger partial charge in [-0.15, -0.1) is 0 Å². The van der Waals surface area contributed by atoms with Gasteiger partial charge in [0, 0.05) is 23.1 Å². The van der Waals surface area contributed by atoms with Crippen molar-refractivity contribution in [2.75, 3.05) is 7.11 Å². The summed E-state index contributed by atoms with van der Waals surface area (Å²) in [5, 5.41) is 14.8. The molecule has 4 rings (SSSR count). The Morgan fingerprint density at radius 3 is 2.39 bits per heavy atom. The number of nitrogens with one attached hydrogen (secondary N) is 1. The first-order valence-electron chi connectivity index (χ1n) is 9.59. The zero-order valence-electron chi connectivity index (χ0n) is 16.7. The van der Waals surface area contributed by atoms with Gasteiger partial charge >= 0.3 is 5.97 Å². The number of aromatic nitrogens is 2. The lowest BCUT2D eigenvalue weighted by molar-refractivity contribution is -0.605. The average molecular weight is 413 g/mol. The Kier molecular flexibility index (Phi) is 5.57. The van der Waals surface area contributed by atoms with Gasteiger partial charge < -0.3 is 15.3 Å². The Hall–Kier alpha value is -4.26.